The Labute approximate surface area is 143 Å². The largest absolute Gasteiger partial charge is 0.341 e. The van der Waals surface area contributed by atoms with Crippen molar-refractivity contribution < 1.29 is 9.18 Å². The van der Waals surface area contributed by atoms with Gasteiger partial charge in [-0.2, -0.15) is 0 Å². The first kappa shape index (κ1) is 16.3. The number of imidazole rings is 1. The zero-order chi connectivity index (χ0) is 16.4. The minimum atomic E-state index is -0.394. The van der Waals surface area contributed by atoms with Crippen LogP contribution in [0, 0.1) is 5.82 Å². The van der Waals surface area contributed by atoms with Crippen LogP contribution in [-0.4, -0.2) is 33.2 Å². The van der Waals surface area contributed by atoms with Gasteiger partial charge in [-0.1, -0.05) is 29.4 Å². The molecule has 3 rings (SSSR count). The van der Waals surface area contributed by atoms with Crippen LogP contribution in [0.15, 0.2) is 35.7 Å². The molecule has 0 spiro atoms. The summed E-state index contributed by atoms with van der Waals surface area (Å²) in [6.45, 7) is 0.155. The monoisotopic (exact) mass is 353 g/mol. The second-order valence-corrected chi connectivity index (χ2v) is 6.94. The van der Waals surface area contributed by atoms with Crippen LogP contribution in [0.25, 0.3) is 0 Å². The summed E-state index contributed by atoms with van der Waals surface area (Å²) < 4.78 is 15.9. The molecule has 1 aliphatic rings. The van der Waals surface area contributed by atoms with Gasteiger partial charge in [0.15, 0.2) is 5.16 Å². The van der Waals surface area contributed by atoms with E-state index in [-0.39, 0.29) is 18.2 Å². The number of benzene rings is 1. The zero-order valence-electron chi connectivity index (χ0n) is 12.7. The molecule has 0 unspecified atom stereocenters. The third-order valence-electron chi connectivity index (χ3n) is 3.78. The highest BCUT2D eigenvalue weighted by molar-refractivity contribution is 7.99. The quantitative estimate of drug-likeness (QED) is 0.742. The molecule has 1 aromatic carbocycles. The molecule has 1 amide bonds. The molecule has 0 aliphatic heterocycles. The smallest absolute Gasteiger partial charge is 0.233 e. The first-order valence-electron chi connectivity index (χ1n) is 7.38. The molecule has 0 bridgehead atoms. The lowest BCUT2D eigenvalue weighted by molar-refractivity contribution is -0.127. The van der Waals surface area contributed by atoms with Gasteiger partial charge in [-0.15, -0.1) is 0 Å². The minimum absolute atomic E-state index is 0.0836. The Hall–Kier alpha value is -1.53. The minimum Gasteiger partial charge on any atom is -0.341 e. The molecule has 4 nitrogen and oxygen atoms in total. The third kappa shape index (κ3) is 3.87. The van der Waals surface area contributed by atoms with Gasteiger partial charge in [-0.05, 0) is 25.0 Å². The lowest BCUT2D eigenvalue weighted by atomic mass is 10.2. The van der Waals surface area contributed by atoms with Crippen LogP contribution in [0.1, 0.15) is 24.4 Å². The molecule has 1 aliphatic carbocycles. The fourth-order valence-electron chi connectivity index (χ4n) is 2.29. The summed E-state index contributed by atoms with van der Waals surface area (Å²) in [6.07, 6.45) is 6.05. The lowest BCUT2D eigenvalue weighted by Gasteiger charge is -2.18. The summed E-state index contributed by atoms with van der Waals surface area (Å²) in [5, 5.41) is 1.19. The Kier molecular flexibility index (Phi) is 4.92. The molecular formula is C16H17ClFN3OS. The Morgan fingerprint density at radius 1 is 1.52 bits per heavy atom. The van der Waals surface area contributed by atoms with E-state index in [0.717, 1.165) is 5.16 Å². The van der Waals surface area contributed by atoms with Crippen LogP contribution in [-0.2, 0) is 11.3 Å². The predicted molar refractivity (Wildman–Crippen MR) is 89.1 cm³/mol. The fourth-order valence-corrected chi connectivity index (χ4v) is 3.48. The molecular weight excluding hydrogens is 337 g/mol. The molecule has 7 heteroatoms. The van der Waals surface area contributed by atoms with Crippen molar-refractivity contribution in [1.29, 1.82) is 0 Å². The molecule has 2 aromatic rings. The van der Waals surface area contributed by atoms with Crippen molar-refractivity contribution in [2.24, 2.45) is 0 Å². The molecule has 0 N–H and O–H groups in total. The standard InChI is InChI=1S/C16H17ClFN3OS/c1-20(9-12-13(17)3-2-4-14(12)18)15(22)10-23-16-19-7-8-21(16)11-5-6-11/h2-4,7-8,11H,5-6,9-10H2,1H3. The van der Waals surface area contributed by atoms with E-state index in [1.54, 1.807) is 25.4 Å². The van der Waals surface area contributed by atoms with Crippen LogP contribution in [0.2, 0.25) is 5.02 Å². The Morgan fingerprint density at radius 2 is 2.30 bits per heavy atom. The van der Waals surface area contributed by atoms with Gasteiger partial charge in [0.1, 0.15) is 5.82 Å². The van der Waals surface area contributed by atoms with E-state index in [4.69, 9.17) is 11.6 Å². The average molecular weight is 354 g/mol. The van der Waals surface area contributed by atoms with Crippen molar-refractivity contribution in [1.82, 2.24) is 14.5 Å². The van der Waals surface area contributed by atoms with Gasteiger partial charge in [0, 0.05) is 42.6 Å². The topological polar surface area (TPSA) is 38.1 Å². The molecule has 1 fully saturated rings. The van der Waals surface area contributed by atoms with Crippen LogP contribution < -0.4 is 0 Å². The Bertz CT molecular complexity index is 697. The van der Waals surface area contributed by atoms with E-state index in [1.165, 1.54) is 35.6 Å². The molecule has 1 heterocycles. The van der Waals surface area contributed by atoms with Crippen LogP contribution in [0.3, 0.4) is 0 Å². The summed E-state index contributed by atoms with van der Waals surface area (Å²) in [7, 11) is 1.65. The highest BCUT2D eigenvalue weighted by Crippen LogP contribution is 2.37. The van der Waals surface area contributed by atoms with Gasteiger partial charge >= 0.3 is 0 Å². The molecule has 1 saturated carbocycles. The number of carbonyl (C=O) groups is 1. The van der Waals surface area contributed by atoms with Crippen molar-refractivity contribution in [3.8, 4) is 0 Å². The van der Waals surface area contributed by atoms with Crippen molar-refractivity contribution in [3.05, 3.63) is 47.0 Å². The summed E-state index contributed by atoms with van der Waals surface area (Å²) in [6, 6.07) is 5.06. The summed E-state index contributed by atoms with van der Waals surface area (Å²) in [5.41, 5.74) is 0.342. The van der Waals surface area contributed by atoms with Crippen molar-refractivity contribution >= 4 is 29.3 Å². The van der Waals surface area contributed by atoms with Gasteiger partial charge in [0.25, 0.3) is 0 Å². The molecule has 0 atom stereocenters. The van der Waals surface area contributed by atoms with Crippen LogP contribution >= 0.6 is 23.4 Å². The normalized spacial score (nSPS) is 14.0. The lowest BCUT2D eigenvalue weighted by Crippen LogP contribution is -2.28. The SMILES string of the molecule is CN(Cc1c(F)cccc1Cl)C(=O)CSc1nccn1C1CC1. The number of hydrogen-bond donors (Lipinski definition) is 0. The fraction of sp³-hybridized carbons (Fsp3) is 0.375. The number of amides is 1. The second kappa shape index (κ2) is 6.93. The Balaban J connectivity index is 1.58. The number of aromatic nitrogens is 2. The highest BCUT2D eigenvalue weighted by Gasteiger charge is 2.26. The number of halogens is 2. The van der Waals surface area contributed by atoms with Crippen molar-refractivity contribution in [3.63, 3.8) is 0 Å². The van der Waals surface area contributed by atoms with Crippen LogP contribution in [0.5, 0.6) is 0 Å². The zero-order valence-corrected chi connectivity index (χ0v) is 14.3. The van der Waals surface area contributed by atoms with Gasteiger partial charge in [0.2, 0.25) is 5.91 Å². The average Bonchev–Trinajstić information content (AvgIpc) is 3.27. The van der Waals surface area contributed by atoms with Crippen LogP contribution in [0.4, 0.5) is 4.39 Å². The molecule has 122 valence electrons. The Morgan fingerprint density at radius 3 is 3.00 bits per heavy atom. The maximum absolute atomic E-state index is 13.8. The van der Waals surface area contributed by atoms with E-state index in [9.17, 15) is 9.18 Å². The first-order valence-corrected chi connectivity index (χ1v) is 8.75. The number of carbonyl (C=O) groups excluding carboxylic acids is 1. The maximum atomic E-state index is 13.8. The summed E-state index contributed by atoms with van der Waals surface area (Å²) in [4.78, 5) is 18.0. The first-order chi connectivity index (χ1) is 11.1. The van der Waals surface area contributed by atoms with E-state index in [1.807, 2.05) is 6.20 Å². The van der Waals surface area contributed by atoms with E-state index in [0.29, 0.717) is 16.6 Å². The number of hydrogen-bond acceptors (Lipinski definition) is 3. The third-order valence-corrected chi connectivity index (χ3v) is 5.10. The van der Waals surface area contributed by atoms with Gasteiger partial charge < -0.3 is 9.47 Å². The van der Waals surface area contributed by atoms with E-state index >= 15 is 0 Å². The number of rotatable bonds is 6. The predicted octanol–water partition coefficient (Wildman–Crippen LogP) is 3.76. The van der Waals surface area contributed by atoms with E-state index in [2.05, 4.69) is 9.55 Å². The number of nitrogens with zero attached hydrogens (tertiary/aromatic N) is 3. The van der Waals surface area contributed by atoms with Crippen molar-refractivity contribution in [2.75, 3.05) is 12.8 Å². The van der Waals surface area contributed by atoms with E-state index < -0.39 is 5.82 Å². The number of thioether (sulfide) groups is 1. The maximum Gasteiger partial charge on any atom is 0.233 e. The second-order valence-electron chi connectivity index (χ2n) is 5.59. The summed E-state index contributed by atoms with van der Waals surface area (Å²) in [5.74, 6) is -0.208. The molecule has 0 radical (unpaired) electrons. The molecule has 1 aromatic heterocycles. The highest BCUT2D eigenvalue weighted by atomic mass is 35.5. The van der Waals surface area contributed by atoms with Gasteiger partial charge in [0.05, 0.1) is 5.75 Å². The summed E-state index contributed by atoms with van der Waals surface area (Å²) >= 11 is 7.41. The van der Waals surface area contributed by atoms with Gasteiger partial charge in [-0.25, -0.2) is 9.37 Å². The van der Waals surface area contributed by atoms with Gasteiger partial charge in [-0.3, -0.25) is 4.79 Å². The molecule has 0 saturated heterocycles. The molecule has 23 heavy (non-hydrogen) atoms. The van der Waals surface area contributed by atoms with Crippen molar-refractivity contribution in [2.45, 2.75) is 30.6 Å².